The van der Waals surface area contributed by atoms with Gasteiger partial charge in [0.2, 0.25) is 5.91 Å². The largest absolute Gasteiger partial charge is 0.394 e. The molecule has 5 heteroatoms. The van der Waals surface area contributed by atoms with Crippen molar-refractivity contribution in [2.75, 3.05) is 6.61 Å². The summed E-state index contributed by atoms with van der Waals surface area (Å²) in [6.45, 7) is 1.38. The van der Waals surface area contributed by atoms with Crippen LogP contribution in [0.2, 0.25) is 0 Å². The molecule has 0 fully saturated rings. The number of carbonyl (C=O) groups excluding carboxylic acids is 1. The minimum Gasteiger partial charge on any atom is -0.394 e. The quantitative estimate of drug-likeness (QED) is 0.809. The van der Waals surface area contributed by atoms with E-state index in [9.17, 15) is 13.6 Å². The van der Waals surface area contributed by atoms with Gasteiger partial charge in [-0.05, 0) is 19.1 Å². The average molecular weight is 229 g/mol. The van der Waals surface area contributed by atoms with E-state index in [0.717, 1.165) is 12.1 Å². The van der Waals surface area contributed by atoms with Crippen molar-refractivity contribution in [2.24, 2.45) is 0 Å². The summed E-state index contributed by atoms with van der Waals surface area (Å²) in [6.07, 6.45) is -0.372. The summed E-state index contributed by atoms with van der Waals surface area (Å²) in [4.78, 5) is 11.3. The number of carbonyl (C=O) groups is 1. The number of aliphatic hydroxyl groups excluding tert-OH is 1. The minimum absolute atomic E-state index is 0.217. The lowest BCUT2D eigenvalue weighted by Gasteiger charge is -2.11. The van der Waals surface area contributed by atoms with E-state index in [-0.39, 0.29) is 18.6 Å². The lowest BCUT2D eigenvalue weighted by atomic mass is 10.1. The Balaban J connectivity index is 2.70. The molecule has 0 aliphatic heterocycles. The molecule has 0 aliphatic rings. The van der Waals surface area contributed by atoms with Gasteiger partial charge in [-0.2, -0.15) is 0 Å². The fraction of sp³-hybridized carbons (Fsp3) is 0.364. The number of amides is 1. The van der Waals surface area contributed by atoms with E-state index in [1.54, 1.807) is 6.92 Å². The van der Waals surface area contributed by atoms with Gasteiger partial charge in [-0.25, -0.2) is 8.78 Å². The second-order valence-corrected chi connectivity index (χ2v) is 3.53. The molecule has 1 rings (SSSR count). The molecule has 16 heavy (non-hydrogen) atoms. The van der Waals surface area contributed by atoms with Crippen LogP contribution in [0.4, 0.5) is 8.78 Å². The zero-order valence-electron chi connectivity index (χ0n) is 8.84. The summed E-state index contributed by atoms with van der Waals surface area (Å²) in [6, 6.07) is 3.01. The van der Waals surface area contributed by atoms with E-state index >= 15 is 0 Å². The first kappa shape index (κ1) is 12.6. The molecule has 88 valence electrons. The van der Waals surface area contributed by atoms with Crippen molar-refractivity contribution in [1.82, 2.24) is 5.32 Å². The molecule has 0 radical (unpaired) electrons. The van der Waals surface area contributed by atoms with Gasteiger partial charge < -0.3 is 10.4 Å². The summed E-state index contributed by atoms with van der Waals surface area (Å²) in [5.41, 5.74) is -0.259. The second kappa shape index (κ2) is 5.55. The minimum atomic E-state index is -0.744. The van der Waals surface area contributed by atoms with Gasteiger partial charge in [0, 0.05) is 11.6 Å². The Bertz CT molecular complexity index is 362. The highest BCUT2D eigenvalue weighted by Crippen LogP contribution is 2.12. The number of nitrogens with one attached hydrogen (secondary N) is 1. The molecule has 0 bridgehead atoms. The Kier molecular flexibility index (Phi) is 4.37. The van der Waals surface area contributed by atoms with Crippen LogP contribution in [0.3, 0.4) is 0 Å². The molecule has 0 saturated heterocycles. The Morgan fingerprint density at radius 1 is 1.44 bits per heavy atom. The molecule has 1 aromatic carbocycles. The highest BCUT2D eigenvalue weighted by Gasteiger charge is 2.13. The Morgan fingerprint density at radius 2 is 2.00 bits per heavy atom. The number of halogens is 2. The molecule has 0 aromatic heterocycles. The van der Waals surface area contributed by atoms with Crippen molar-refractivity contribution in [1.29, 1.82) is 0 Å². The molecular weight excluding hydrogens is 216 g/mol. The smallest absolute Gasteiger partial charge is 0.224 e. The number of hydrogen-bond acceptors (Lipinski definition) is 2. The number of hydrogen-bond donors (Lipinski definition) is 2. The Hall–Kier alpha value is -1.49. The highest BCUT2D eigenvalue weighted by atomic mass is 19.1. The summed E-state index contributed by atoms with van der Waals surface area (Å²) < 4.78 is 26.3. The predicted molar refractivity (Wildman–Crippen MR) is 54.8 cm³/mol. The first-order valence-electron chi connectivity index (χ1n) is 4.87. The first-order valence-corrected chi connectivity index (χ1v) is 4.87. The zero-order valence-corrected chi connectivity index (χ0v) is 8.84. The van der Waals surface area contributed by atoms with Crippen LogP contribution < -0.4 is 5.32 Å². The molecule has 0 heterocycles. The van der Waals surface area contributed by atoms with E-state index in [4.69, 9.17) is 5.11 Å². The van der Waals surface area contributed by atoms with Crippen LogP contribution >= 0.6 is 0 Å². The molecule has 0 spiro atoms. The molecule has 0 saturated carbocycles. The van der Waals surface area contributed by atoms with Crippen molar-refractivity contribution in [2.45, 2.75) is 19.4 Å². The summed E-state index contributed by atoms with van der Waals surface area (Å²) in [5.74, 6) is -2.01. The third kappa shape index (κ3) is 3.27. The van der Waals surface area contributed by atoms with E-state index in [0.29, 0.717) is 0 Å². The van der Waals surface area contributed by atoms with Crippen molar-refractivity contribution in [3.63, 3.8) is 0 Å². The van der Waals surface area contributed by atoms with Gasteiger partial charge >= 0.3 is 0 Å². The number of rotatable bonds is 4. The van der Waals surface area contributed by atoms with Crippen LogP contribution in [0.15, 0.2) is 18.2 Å². The maximum atomic E-state index is 13.2. The lowest BCUT2D eigenvalue weighted by molar-refractivity contribution is -0.121. The van der Waals surface area contributed by atoms with E-state index in [1.807, 2.05) is 0 Å². The first-order chi connectivity index (χ1) is 7.54. The number of aliphatic hydroxyl groups is 1. The standard InChI is InChI=1S/C11H13F2NO2/c1-7(6-15)14-11(16)5-8-9(12)3-2-4-10(8)13/h2-4,7,15H,5-6H2,1H3,(H,14,16). The Morgan fingerprint density at radius 3 is 2.50 bits per heavy atom. The second-order valence-electron chi connectivity index (χ2n) is 3.53. The van der Waals surface area contributed by atoms with Gasteiger partial charge in [-0.15, -0.1) is 0 Å². The topological polar surface area (TPSA) is 49.3 Å². The molecule has 1 atom stereocenters. The molecule has 1 unspecified atom stereocenters. The molecule has 3 nitrogen and oxygen atoms in total. The Labute approximate surface area is 92.1 Å². The van der Waals surface area contributed by atoms with Gasteiger partial charge in [-0.3, -0.25) is 4.79 Å². The van der Waals surface area contributed by atoms with Gasteiger partial charge in [0.05, 0.1) is 13.0 Å². The molecule has 2 N–H and O–H groups in total. The van der Waals surface area contributed by atoms with Gasteiger partial charge in [0.15, 0.2) is 0 Å². The third-order valence-electron chi connectivity index (χ3n) is 2.08. The van der Waals surface area contributed by atoms with Crippen LogP contribution in [0.5, 0.6) is 0 Å². The fourth-order valence-electron chi connectivity index (χ4n) is 1.23. The molecule has 1 aromatic rings. The fourth-order valence-corrected chi connectivity index (χ4v) is 1.23. The van der Waals surface area contributed by atoms with Crippen molar-refractivity contribution >= 4 is 5.91 Å². The SMILES string of the molecule is CC(CO)NC(=O)Cc1c(F)cccc1F. The maximum Gasteiger partial charge on any atom is 0.224 e. The van der Waals surface area contributed by atoms with E-state index in [1.165, 1.54) is 6.07 Å². The van der Waals surface area contributed by atoms with Crippen LogP contribution in [0.25, 0.3) is 0 Å². The van der Waals surface area contributed by atoms with E-state index in [2.05, 4.69) is 5.32 Å². The molecule has 0 aliphatic carbocycles. The molecule has 1 amide bonds. The monoisotopic (exact) mass is 229 g/mol. The van der Waals surface area contributed by atoms with E-state index < -0.39 is 23.6 Å². The predicted octanol–water partition coefficient (Wildman–Crippen LogP) is 1.00. The lowest BCUT2D eigenvalue weighted by Crippen LogP contribution is -2.36. The van der Waals surface area contributed by atoms with Gasteiger partial charge in [-0.1, -0.05) is 6.07 Å². The van der Waals surface area contributed by atoms with Crippen LogP contribution in [0, 0.1) is 11.6 Å². The summed E-state index contributed by atoms with van der Waals surface area (Å²) in [7, 11) is 0. The van der Waals surface area contributed by atoms with Crippen molar-refractivity contribution in [3.05, 3.63) is 35.4 Å². The summed E-state index contributed by atoms with van der Waals surface area (Å²) in [5, 5.41) is 11.1. The third-order valence-corrected chi connectivity index (χ3v) is 2.08. The molecular formula is C11H13F2NO2. The van der Waals surface area contributed by atoms with Crippen molar-refractivity contribution in [3.8, 4) is 0 Å². The zero-order chi connectivity index (χ0) is 12.1. The van der Waals surface area contributed by atoms with Gasteiger partial charge in [0.1, 0.15) is 11.6 Å². The number of benzene rings is 1. The van der Waals surface area contributed by atoms with Crippen LogP contribution in [-0.4, -0.2) is 23.7 Å². The highest BCUT2D eigenvalue weighted by molar-refractivity contribution is 5.78. The maximum absolute atomic E-state index is 13.2. The van der Waals surface area contributed by atoms with Crippen LogP contribution in [-0.2, 0) is 11.2 Å². The normalized spacial score (nSPS) is 12.2. The van der Waals surface area contributed by atoms with Gasteiger partial charge in [0.25, 0.3) is 0 Å². The van der Waals surface area contributed by atoms with Crippen LogP contribution in [0.1, 0.15) is 12.5 Å². The van der Waals surface area contributed by atoms with Crippen molar-refractivity contribution < 1.29 is 18.7 Å². The summed E-state index contributed by atoms with van der Waals surface area (Å²) >= 11 is 0. The average Bonchev–Trinajstić information content (AvgIpc) is 2.23.